The highest BCUT2D eigenvalue weighted by atomic mass is 35.5. The van der Waals surface area contributed by atoms with Crippen molar-refractivity contribution in [3.63, 3.8) is 0 Å². The smallest absolute Gasteiger partial charge is 0.155 e. The fourth-order valence-corrected chi connectivity index (χ4v) is 1.62. The van der Waals surface area contributed by atoms with Crippen LogP contribution in [0.2, 0.25) is 5.15 Å². The van der Waals surface area contributed by atoms with E-state index in [0.717, 1.165) is 11.3 Å². The van der Waals surface area contributed by atoms with Crippen LogP contribution in [0.25, 0.3) is 11.7 Å². The van der Waals surface area contributed by atoms with E-state index in [1.807, 2.05) is 47.9 Å². The summed E-state index contributed by atoms with van der Waals surface area (Å²) < 4.78 is 1.93. The predicted molar refractivity (Wildman–Crippen MR) is 62.9 cm³/mol. The molecule has 2 aromatic rings. The number of pyridine rings is 1. The number of rotatable bonds is 2. The molecule has 2 N–H and O–H groups in total. The first-order valence-corrected chi connectivity index (χ1v) is 5.12. The number of hydrogen-bond donors (Lipinski definition) is 1. The van der Waals surface area contributed by atoms with Crippen molar-refractivity contribution < 1.29 is 0 Å². The zero-order valence-corrected chi connectivity index (χ0v) is 9.15. The van der Waals surface area contributed by atoms with E-state index >= 15 is 0 Å². The number of fused-ring (bicyclic) bond motifs is 1. The van der Waals surface area contributed by atoms with Crippen molar-refractivity contribution >= 4 is 23.3 Å². The Bertz CT molecular complexity index is 500. The fourth-order valence-electron chi connectivity index (χ4n) is 1.38. The molecule has 0 aliphatic rings. The van der Waals surface area contributed by atoms with Crippen LogP contribution in [0.5, 0.6) is 0 Å². The molecular formula is C11H12ClN3. The number of aromatic nitrogens is 2. The first-order chi connectivity index (χ1) is 7.18. The third-order valence-electron chi connectivity index (χ3n) is 2.08. The lowest BCUT2D eigenvalue weighted by molar-refractivity contribution is 0.930. The van der Waals surface area contributed by atoms with Gasteiger partial charge in [-0.3, -0.25) is 4.40 Å². The normalized spacial score (nSPS) is 13.8. The van der Waals surface area contributed by atoms with Gasteiger partial charge < -0.3 is 5.73 Å². The van der Waals surface area contributed by atoms with Gasteiger partial charge in [0.05, 0.1) is 5.69 Å². The van der Waals surface area contributed by atoms with Gasteiger partial charge in [-0.2, -0.15) is 0 Å². The van der Waals surface area contributed by atoms with Crippen LogP contribution in [0, 0.1) is 0 Å². The minimum atomic E-state index is 0.00956. The summed E-state index contributed by atoms with van der Waals surface area (Å²) in [5.74, 6) is 0. The Morgan fingerprint density at radius 3 is 3.07 bits per heavy atom. The van der Waals surface area contributed by atoms with Gasteiger partial charge in [0, 0.05) is 12.2 Å². The highest BCUT2D eigenvalue weighted by Crippen LogP contribution is 2.18. The third-order valence-corrected chi connectivity index (χ3v) is 2.36. The summed E-state index contributed by atoms with van der Waals surface area (Å²) in [6.45, 7) is 1.91. The summed E-state index contributed by atoms with van der Waals surface area (Å²) in [5.41, 5.74) is 7.35. The first kappa shape index (κ1) is 10.2. The molecule has 2 heterocycles. The highest BCUT2D eigenvalue weighted by molar-refractivity contribution is 6.31. The second kappa shape index (κ2) is 4.04. The number of imidazole rings is 1. The molecule has 0 aliphatic heterocycles. The lowest BCUT2D eigenvalue weighted by Gasteiger charge is -1.97. The maximum Gasteiger partial charge on any atom is 0.155 e. The first-order valence-electron chi connectivity index (χ1n) is 4.75. The van der Waals surface area contributed by atoms with E-state index < -0.39 is 0 Å². The van der Waals surface area contributed by atoms with Crippen LogP contribution >= 0.6 is 11.6 Å². The quantitative estimate of drug-likeness (QED) is 0.846. The zero-order valence-electron chi connectivity index (χ0n) is 8.39. The van der Waals surface area contributed by atoms with Gasteiger partial charge in [-0.1, -0.05) is 23.7 Å². The molecular weight excluding hydrogens is 210 g/mol. The Balaban J connectivity index is 2.54. The van der Waals surface area contributed by atoms with Crippen LogP contribution in [0.4, 0.5) is 0 Å². The summed E-state index contributed by atoms with van der Waals surface area (Å²) in [4.78, 5) is 4.23. The van der Waals surface area contributed by atoms with Gasteiger partial charge in [0.2, 0.25) is 0 Å². The van der Waals surface area contributed by atoms with E-state index in [-0.39, 0.29) is 6.04 Å². The van der Waals surface area contributed by atoms with Gasteiger partial charge in [-0.15, -0.1) is 0 Å². The van der Waals surface area contributed by atoms with Crippen molar-refractivity contribution in [1.29, 1.82) is 0 Å². The fraction of sp³-hybridized carbons (Fsp3) is 0.182. The Kier molecular flexibility index (Phi) is 2.75. The molecule has 0 bridgehead atoms. The Morgan fingerprint density at radius 1 is 1.53 bits per heavy atom. The number of nitrogens with two attached hydrogens (primary N) is 1. The number of halogens is 1. The van der Waals surface area contributed by atoms with Crippen LogP contribution in [-0.2, 0) is 0 Å². The van der Waals surface area contributed by atoms with Crippen molar-refractivity contribution in [3.05, 3.63) is 41.3 Å². The Labute approximate surface area is 93.2 Å². The summed E-state index contributed by atoms with van der Waals surface area (Å²) in [7, 11) is 0. The number of nitrogens with zero attached hydrogens (tertiary/aromatic N) is 2. The molecule has 0 fully saturated rings. The van der Waals surface area contributed by atoms with E-state index in [1.165, 1.54) is 0 Å². The molecule has 2 aromatic heterocycles. The topological polar surface area (TPSA) is 43.3 Å². The molecule has 15 heavy (non-hydrogen) atoms. The SMILES string of the molecule is CC(N)/C=C/c1c(Cl)nc2ccccn12. The largest absolute Gasteiger partial charge is 0.325 e. The molecule has 1 unspecified atom stereocenters. The molecule has 78 valence electrons. The molecule has 0 saturated heterocycles. The molecule has 0 spiro atoms. The molecule has 3 nitrogen and oxygen atoms in total. The molecule has 2 rings (SSSR count). The molecule has 0 saturated carbocycles. The van der Waals surface area contributed by atoms with Gasteiger partial charge >= 0.3 is 0 Å². The number of hydrogen-bond acceptors (Lipinski definition) is 2. The van der Waals surface area contributed by atoms with Gasteiger partial charge in [-0.25, -0.2) is 4.98 Å². The van der Waals surface area contributed by atoms with Crippen LogP contribution in [0.3, 0.4) is 0 Å². The maximum atomic E-state index is 6.03. The highest BCUT2D eigenvalue weighted by Gasteiger charge is 2.05. The Hall–Kier alpha value is -1.32. The lowest BCUT2D eigenvalue weighted by atomic mass is 10.3. The summed E-state index contributed by atoms with van der Waals surface area (Å²) in [5, 5.41) is 0.498. The molecule has 1 atom stereocenters. The summed E-state index contributed by atoms with van der Waals surface area (Å²) in [6.07, 6.45) is 5.71. The minimum absolute atomic E-state index is 0.00956. The van der Waals surface area contributed by atoms with Gasteiger partial charge in [0.1, 0.15) is 5.65 Å². The summed E-state index contributed by atoms with van der Waals surface area (Å²) in [6, 6.07) is 5.79. The summed E-state index contributed by atoms with van der Waals surface area (Å²) >= 11 is 6.03. The van der Waals surface area contributed by atoms with Gasteiger partial charge in [0.25, 0.3) is 0 Å². The van der Waals surface area contributed by atoms with Gasteiger partial charge in [0.15, 0.2) is 5.15 Å². The van der Waals surface area contributed by atoms with Crippen molar-refractivity contribution in [2.75, 3.05) is 0 Å². The average molecular weight is 222 g/mol. The zero-order chi connectivity index (χ0) is 10.8. The Morgan fingerprint density at radius 2 is 2.33 bits per heavy atom. The van der Waals surface area contributed by atoms with Crippen LogP contribution in [0.1, 0.15) is 12.6 Å². The standard InChI is InChI=1S/C11H12ClN3/c1-8(13)5-6-9-11(12)14-10-4-2-3-7-15(9)10/h2-8H,13H2,1H3/b6-5+. The molecule has 4 heteroatoms. The molecule has 0 aliphatic carbocycles. The second-order valence-corrected chi connectivity index (χ2v) is 3.79. The average Bonchev–Trinajstić information content (AvgIpc) is 2.50. The molecule has 0 aromatic carbocycles. The molecule has 0 radical (unpaired) electrons. The second-order valence-electron chi connectivity index (χ2n) is 3.43. The predicted octanol–water partition coefficient (Wildman–Crippen LogP) is 2.35. The van der Waals surface area contributed by atoms with Crippen LogP contribution < -0.4 is 5.73 Å². The molecule has 0 amide bonds. The van der Waals surface area contributed by atoms with Crippen molar-refractivity contribution in [1.82, 2.24) is 9.38 Å². The van der Waals surface area contributed by atoms with E-state index in [0.29, 0.717) is 5.15 Å². The van der Waals surface area contributed by atoms with E-state index in [9.17, 15) is 0 Å². The van der Waals surface area contributed by atoms with Crippen molar-refractivity contribution in [2.45, 2.75) is 13.0 Å². The third kappa shape index (κ3) is 2.03. The lowest BCUT2D eigenvalue weighted by Crippen LogP contribution is -2.10. The minimum Gasteiger partial charge on any atom is -0.325 e. The van der Waals surface area contributed by atoms with E-state index in [4.69, 9.17) is 17.3 Å². The maximum absolute atomic E-state index is 6.03. The monoisotopic (exact) mass is 221 g/mol. The van der Waals surface area contributed by atoms with Crippen molar-refractivity contribution in [2.24, 2.45) is 5.73 Å². The van der Waals surface area contributed by atoms with Crippen LogP contribution in [0.15, 0.2) is 30.5 Å². The van der Waals surface area contributed by atoms with Crippen molar-refractivity contribution in [3.8, 4) is 0 Å². The van der Waals surface area contributed by atoms with Gasteiger partial charge in [-0.05, 0) is 25.1 Å². The van der Waals surface area contributed by atoms with Crippen LogP contribution in [-0.4, -0.2) is 15.4 Å². The van der Waals surface area contributed by atoms with E-state index in [2.05, 4.69) is 4.98 Å². The van der Waals surface area contributed by atoms with E-state index in [1.54, 1.807) is 0 Å².